The lowest BCUT2D eigenvalue weighted by atomic mass is 10.1. The van der Waals surface area contributed by atoms with Gasteiger partial charge in [0.1, 0.15) is 11.4 Å². The highest BCUT2D eigenvalue weighted by atomic mass is 16.6. The van der Waals surface area contributed by atoms with Crippen LogP contribution in [0, 0.1) is 0 Å². The summed E-state index contributed by atoms with van der Waals surface area (Å²) in [6.07, 6.45) is 5.00. The molecule has 0 fully saturated rings. The van der Waals surface area contributed by atoms with Crippen LogP contribution in [-0.2, 0) is 16.1 Å². The van der Waals surface area contributed by atoms with E-state index in [1.807, 2.05) is 51.1 Å². The number of ketones is 1. The van der Waals surface area contributed by atoms with Gasteiger partial charge in [-0.3, -0.25) is 4.79 Å². The number of benzene rings is 1. The molecule has 4 nitrogen and oxygen atoms in total. The van der Waals surface area contributed by atoms with Crippen molar-refractivity contribution in [3.63, 3.8) is 0 Å². The third-order valence-electron chi connectivity index (χ3n) is 3.84. The van der Waals surface area contributed by atoms with E-state index < -0.39 is 5.60 Å². The lowest BCUT2D eigenvalue weighted by Gasteiger charge is -2.27. The van der Waals surface area contributed by atoms with E-state index in [0.29, 0.717) is 25.9 Å². The molecule has 25 heavy (non-hydrogen) atoms. The molecule has 0 bridgehead atoms. The second kappa shape index (κ2) is 10.9. The zero-order chi connectivity index (χ0) is 18.7. The molecule has 4 heteroatoms. The van der Waals surface area contributed by atoms with E-state index in [0.717, 1.165) is 24.8 Å². The highest BCUT2D eigenvalue weighted by molar-refractivity contribution is 5.79. The number of amides is 1. The maximum Gasteiger partial charge on any atom is 0.410 e. The lowest BCUT2D eigenvalue weighted by molar-refractivity contribution is -0.119. The molecule has 0 aliphatic carbocycles. The fraction of sp³-hybridized carbons (Fsp3) is 0.619. The minimum absolute atomic E-state index is 0.220. The van der Waals surface area contributed by atoms with Crippen LogP contribution in [0.3, 0.4) is 0 Å². The maximum absolute atomic E-state index is 12.5. The molecule has 0 N–H and O–H groups in total. The average Bonchev–Trinajstić information content (AvgIpc) is 2.54. The summed E-state index contributed by atoms with van der Waals surface area (Å²) in [7, 11) is 0. The van der Waals surface area contributed by atoms with Crippen LogP contribution in [0.4, 0.5) is 4.79 Å². The minimum atomic E-state index is -0.545. The van der Waals surface area contributed by atoms with Crippen LogP contribution < -0.4 is 0 Å². The van der Waals surface area contributed by atoms with Crippen LogP contribution in [-0.4, -0.2) is 28.9 Å². The molecule has 1 amide bonds. The van der Waals surface area contributed by atoms with Gasteiger partial charge in [-0.05, 0) is 32.8 Å². The van der Waals surface area contributed by atoms with Crippen LogP contribution in [0.25, 0.3) is 0 Å². The Morgan fingerprint density at radius 2 is 1.68 bits per heavy atom. The molecule has 0 heterocycles. The first-order valence-corrected chi connectivity index (χ1v) is 9.35. The van der Waals surface area contributed by atoms with E-state index in [1.54, 1.807) is 4.90 Å². The predicted molar refractivity (Wildman–Crippen MR) is 101 cm³/mol. The summed E-state index contributed by atoms with van der Waals surface area (Å²) < 4.78 is 5.49. The van der Waals surface area contributed by atoms with Gasteiger partial charge in [-0.25, -0.2) is 4.79 Å². The molecule has 0 radical (unpaired) electrons. The lowest BCUT2D eigenvalue weighted by Crippen LogP contribution is -2.37. The Labute approximate surface area is 152 Å². The Bertz CT molecular complexity index is 520. The molecule has 0 atom stereocenters. The standard InChI is InChI=1S/C21H33NO3/c1-5-6-7-11-14-19(23)15-16-22(20(24)25-21(2,3)4)17-18-12-9-8-10-13-18/h8-10,12-13H,5-7,11,14-17H2,1-4H3. The highest BCUT2D eigenvalue weighted by Gasteiger charge is 2.22. The first kappa shape index (κ1) is 21.2. The fourth-order valence-corrected chi connectivity index (χ4v) is 2.50. The molecule has 0 saturated carbocycles. The summed E-state index contributed by atoms with van der Waals surface area (Å²) in [5.41, 5.74) is 0.486. The number of carbonyl (C=O) groups excluding carboxylic acids is 2. The van der Waals surface area contributed by atoms with E-state index in [-0.39, 0.29) is 11.9 Å². The van der Waals surface area contributed by atoms with E-state index in [9.17, 15) is 9.59 Å². The van der Waals surface area contributed by atoms with Crippen molar-refractivity contribution in [1.29, 1.82) is 0 Å². The molecule has 0 unspecified atom stereocenters. The summed E-state index contributed by atoms with van der Waals surface area (Å²) in [5.74, 6) is 0.220. The minimum Gasteiger partial charge on any atom is -0.444 e. The summed E-state index contributed by atoms with van der Waals surface area (Å²) in [6, 6.07) is 9.79. The molecule has 0 spiro atoms. The van der Waals surface area contributed by atoms with Crippen molar-refractivity contribution in [2.45, 2.75) is 78.4 Å². The van der Waals surface area contributed by atoms with Crippen molar-refractivity contribution < 1.29 is 14.3 Å². The fourth-order valence-electron chi connectivity index (χ4n) is 2.50. The monoisotopic (exact) mass is 347 g/mol. The van der Waals surface area contributed by atoms with Crippen molar-refractivity contribution in [3.8, 4) is 0 Å². The Balaban J connectivity index is 2.58. The molecular weight excluding hydrogens is 314 g/mol. The summed E-state index contributed by atoms with van der Waals surface area (Å²) >= 11 is 0. The Morgan fingerprint density at radius 3 is 2.28 bits per heavy atom. The zero-order valence-electron chi connectivity index (χ0n) is 16.2. The Hall–Kier alpha value is -1.84. The van der Waals surface area contributed by atoms with E-state index >= 15 is 0 Å². The maximum atomic E-state index is 12.5. The largest absolute Gasteiger partial charge is 0.444 e. The SMILES string of the molecule is CCCCCCC(=O)CCN(Cc1ccccc1)C(=O)OC(C)(C)C. The van der Waals surface area contributed by atoms with Crippen molar-refractivity contribution in [1.82, 2.24) is 4.90 Å². The Kier molecular flexibility index (Phi) is 9.25. The van der Waals surface area contributed by atoms with Crippen molar-refractivity contribution in [2.24, 2.45) is 0 Å². The molecule has 0 aromatic heterocycles. The molecule has 0 aliphatic rings. The smallest absolute Gasteiger partial charge is 0.410 e. The van der Waals surface area contributed by atoms with Gasteiger partial charge in [0.15, 0.2) is 0 Å². The number of nitrogens with zero attached hydrogens (tertiary/aromatic N) is 1. The van der Waals surface area contributed by atoms with Crippen molar-refractivity contribution in [3.05, 3.63) is 35.9 Å². The van der Waals surface area contributed by atoms with Gasteiger partial charge in [0, 0.05) is 25.9 Å². The Morgan fingerprint density at radius 1 is 1.00 bits per heavy atom. The number of Topliss-reactive ketones (excluding diaryl/α,β-unsaturated/α-hetero) is 1. The van der Waals surface area contributed by atoms with Crippen LogP contribution in [0.2, 0.25) is 0 Å². The van der Waals surface area contributed by atoms with Crippen LogP contribution in [0.5, 0.6) is 0 Å². The summed E-state index contributed by atoms with van der Waals surface area (Å²) in [4.78, 5) is 26.2. The third kappa shape index (κ3) is 9.90. The highest BCUT2D eigenvalue weighted by Crippen LogP contribution is 2.14. The number of hydrogen-bond acceptors (Lipinski definition) is 3. The van der Waals surface area contributed by atoms with Gasteiger partial charge in [-0.2, -0.15) is 0 Å². The second-order valence-electron chi connectivity index (χ2n) is 7.49. The van der Waals surface area contributed by atoms with Gasteiger partial charge in [-0.15, -0.1) is 0 Å². The van der Waals surface area contributed by atoms with Crippen LogP contribution in [0.15, 0.2) is 30.3 Å². The number of rotatable bonds is 10. The van der Waals surface area contributed by atoms with Gasteiger partial charge in [-0.1, -0.05) is 56.5 Å². The van der Waals surface area contributed by atoms with Crippen molar-refractivity contribution in [2.75, 3.05) is 6.54 Å². The molecule has 1 aromatic carbocycles. The van der Waals surface area contributed by atoms with Gasteiger partial charge < -0.3 is 9.64 Å². The van der Waals surface area contributed by atoms with Crippen LogP contribution >= 0.6 is 0 Å². The quantitative estimate of drug-likeness (QED) is 0.536. The van der Waals surface area contributed by atoms with Gasteiger partial charge >= 0.3 is 6.09 Å². The molecular formula is C21H33NO3. The first-order chi connectivity index (χ1) is 11.8. The van der Waals surface area contributed by atoms with Gasteiger partial charge in [0.05, 0.1) is 0 Å². The first-order valence-electron chi connectivity index (χ1n) is 9.35. The second-order valence-corrected chi connectivity index (χ2v) is 7.49. The summed E-state index contributed by atoms with van der Waals surface area (Å²) in [5, 5.41) is 0. The number of hydrogen-bond donors (Lipinski definition) is 0. The molecule has 140 valence electrons. The van der Waals surface area contributed by atoms with Crippen molar-refractivity contribution >= 4 is 11.9 Å². The zero-order valence-corrected chi connectivity index (χ0v) is 16.2. The van der Waals surface area contributed by atoms with Crippen LogP contribution in [0.1, 0.15) is 71.8 Å². The topological polar surface area (TPSA) is 46.6 Å². The molecule has 1 rings (SSSR count). The van der Waals surface area contributed by atoms with E-state index in [4.69, 9.17) is 4.74 Å². The van der Waals surface area contributed by atoms with Gasteiger partial charge in [0.2, 0.25) is 0 Å². The summed E-state index contributed by atoms with van der Waals surface area (Å²) in [6.45, 7) is 8.57. The number of unbranched alkanes of at least 4 members (excludes halogenated alkanes) is 3. The number of carbonyl (C=O) groups is 2. The van der Waals surface area contributed by atoms with E-state index in [1.165, 1.54) is 6.42 Å². The van der Waals surface area contributed by atoms with E-state index in [2.05, 4.69) is 6.92 Å². The normalized spacial score (nSPS) is 11.2. The third-order valence-corrected chi connectivity index (χ3v) is 3.84. The van der Waals surface area contributed by atoms with Gasteiger partial charge in [0.25, 0.3) is 0 Å². The average molecular weight is 347 g/mol. The molecule has 1 aromatic rings. The molecule has 0 aliphatic heterocycles. The molecule has 0 saturated heterocycles. The number of ether oxygens (including phenoxy) is 1. The predicted octanol–water partition coefficient (Wildman–Crippen LogP) is 5.35.